The number of aromatic nitrogens is 2. The van der Waals surface area contributed by atoms with Gasteiger partial charge in [-0.2, -0.15) is 0 Å². The number of nitrogens with one attached hydrogen (secondary N) is 1. The highest BCUT2D eigenvalue weighted by Crippen LogP contribution is 2.38. The fourth-order valence-electron chi connectivity index (χ4n) is 3.67. The summed E-state index contributed by atoms with van der Waals surface area (Å²) >= 11 is 0. The molecule has 0 saturated carbocycles. The molecule has 1 aromatic heterocycles. The molecule has 4 rings (SSSR count). The molecule has 0 fully saturated rings. The Bertz CT molecular complexity index is 1110. The number of H-pyrrole nitrogens is 1. The van der Waals surface area contributed by atoms with E-state index in [0.717, 1.165) is 22.3 Å². The van der Waals surface area contributed by atoms with Gasteiger partial charge < -0.3 is 4.57 Å². The number of fused-ring (bicyclic) bond motifs is 2. The lowest BCUT2D eigenvalue weighted by molar-refractivity contribution is 0.765. The summed E-state index contributed by atoms with van der Waals surface area (Å²) in [6, 6.07) is 12.6. The van der Waals surface area contributed by atoms with E-state index in [2.05, 4.69) is 67.4 Å². The van der Waals surface area contributed by atoms with Crippen LogP contribution in [0.25, 0.3) is 12.2 Å². The summed E-state index contributed by atoms with van der Waals surface area (Å²) in [5.74, 6) is -0.230. The number of nitrogens with zero attached hydrogens (tertiary/aromatic N) is 1. The number of aromatic amines is 1. The minimum Gasteiger partial charge on any atom is -0.303 e. The molecule has 1 heterocycles. The summed E-state index contributed by atoms with van der Waals surface area (Å²) in [6.45, 7) is 4.12. The molecular weight excluding hydrogens is 324 g/mol. The Hall–Kier alpha value is -3.14. The van der Waals surface area contributed by atoms with E-state index in [1.165, 1.54) is 15.7 Å². The van der Waals surface area contributed by atoms with E-state index in [4.69, 9.17) is 0 Å². The van der Waals surface area contributed by atoms with Gasteiger partial charge in [0.05, 0.1) is 0 Å². The average Bonchev–Trinajstić information content (AvgIpc) is 2.74. The van der Waals surface area contributed by atoms with E-state index < -0.39 is 5.69 Å². The van der Waals surface area contributed by atoms with Crippen LogP contribution in [0.15, 0.2) is 52.2 Å². The Kier molecular flexibility index (Phi) is 3.76. The van der Waals surface area contributed by atoms with Crippen LogP contribution in [0.3, 0.4) is 0 Å². The van der Waals surface area contributed by atoms with Crippen molar-refractivity contribution in [1.29, 1.82) is 0 Å². The Labute approximate surface area is 151 Å². The second kappa shape index (κ2) is 5.99. The smallest absolute Gasteiger partial charge is 0.303 e. The summed E-state index contributed by atoms with van der Waals surface area (Å²) in [5.41, 5.74) is 6.50. The van der Waals surface area contributed by atoms with E-state index >= 15 is 0 Å². The molecule has 4 nitrogen and oxygen atoms in total. The molecule has 1 N–H and O–H groups in total. The van der Waals surface area contributed by atoms with Gasteiger partial charge in [0.1, 0.15) is 0 Å². The lowest BCUT2D eigenvalue weighted by Gasteiger charge is -2.21. The SMILES string of the molecule is Cc1ccc2c(c1)C=Cc1cc(C)ccc1C2c1cn(C)c(=O)[nH]c1=O. The lowest BCUT2D eigenvalue weighted by Crippen LogP contribution is -2.31. The van der Waals surface area contributed by atoms with E-state index in [-0.39, 0.29) is 11.5 Å². The third-order valence-electron chi connectivity index (χ3n) is 5.00. The summed E-state index contributed by atoms with van der Waals surface area (Å²) in [7, 11) is 1.66. The first-order valence-electron chi connectivity index (χ1n) is 8.63. The molecule has 0 spiro atoms. The molecule has 26 heavy (non-hydrogen) atoms. The zero-order valence-electron chi connectivity index (χ0n) is 15.0. The monoisotopic (exact) mass is 344 g/mol. The Morgan fingerprint density at radius 1 is 0.846 bits per heavy atom. The van der Waals surface area contributed by atoms with E-state index in [1.807, 2.05) is 0 Å². The molecule has 1 aliphatic carbocycles. The number of rotatable bonds is 1. The molecule has 0 amide bonds. The number of hydrogen-bond donors (Lipinski definition) is 1. The van der Waals surface area contributed by atoms with Gasteiger partial charge in [-0.15, -0.1) is 0 Å². The zero-order chi connectivity index (χ0) is 18.4. The number of aryl methyl sites for hydroxylation is 3. The van der Waals surface area contributed by atoms with Gasteiger partial charge in [-0.1, -0.05) is 59.7 Å². The third kappa shape index (κ3) is 2.64. The fraction of sp³-hybridized carbons (Fsp3) is 0.182. The van der Waals surface area contributed by atoms with Gasteiger partial charge in [-0.05, 0) is 36.1 Å². The molecule has 0 saturated heterocycles. The Morgan fingerprint density at radius 2 is 1.38 bits per heavy atom. The first-order valence-corrected chi connectivity index (χ1v) is 8.63. The molecule has 130 valence electrons. The summed E-state index contributed by atoms with van der Waals surface area (Å²) < 4.78 is 1.43. The van der Waals surface area contributed by atoms with Crippen molar-refractivity contribution in [2.24, 2.45) is 7.05 Å². The molecule has 3 aromatic rings. The summed E-state index contributed by atoms with van der Waals surface area (Å²) in [4.78, 5) is 26.9. The van der Waals surface area contributed by atoms with Crippen LogP contribution >= 0.6 is 0 Å². The standard InChI is InChI=1S/C22H20N2O2/c1-13-4-8-17-15(10-13)6-7-16-11-14(2)5-9-18(16)20(17)19-12-24(3)22(26)23-21(19)25/h4-12,20H,1-3H3,(H,23,25,26). The number of hydrogen-bond acceptors (Lipinski definition) is 2. The second-order valence-corrected chi connectivity index (χ2v) is 6.99. The van der Waals surface area contributed by atoms with Gasteiger partial charge in [0.25, 0.3) is 5.56 Å². The summed E-state index contributed by atoms with van der Waals surface area (Å²) in [6.07, 6.45) is 5.87. The molecule has 2 aromatic carbocycles. The van der Waals surface area contributed by atoms with Crippen molar-refractivity contribution in [2.75, 3.05) is 0 Å². The molecule has 4 heteroatoms. The van der Waals surface area contributed by atoms with Crippen molar-refractivity contribution in [3.8, 4) is 0 Å². The van der Waals surface area contributed by atoms with Gasteiger partial charge in [0.15, 0.2) is 0 Å². The third-order valence-corrected chi connectivity index (χ3v) is 5.00. The van der Waals surface area contributed by atoms with Crippen LogP contribution in [-0.2, 0) is 7.05 Å². The molecule has 1 aliphatic rings. The van der Waals surface area contributed by atoms with Gasteiger partial charge in [0, 0.05) is 24.7 Å². The van der Waals surface area contributed by atoms with E-state index in [9.17, 15) is 9.59 Å². The Balaban J connectivity index is 2.08. The van der Waals surface area contributed by atoms with Crippen LogP contribution in [0.2, 0.25) is 0 Å². The highest BCUT2D eigenvalue weighted by atomic mass is 16.2. The second-order valence-electron chi connectivity index (χ2n) is 6.99. The maximum Gasteiger partial charge on any atom is 0.328 e. The average molecular weight is 344 g/mol. The van der Waals surface area contributed by atoms with Crippen molar-refractivity contribution in [3.63, 3.8) is 0 Å². The molecule has 0 unspecified atom stereocenters. The van der Waals surface area contributed by atoms with Crippen LogP contribution in [-0.4, -0.2) is 9.55 Å². The molecule has 0 radical (unpaired) electrons. The van der Waals surface area contributed by atoms with Crippen molar-refractivity contribution in [3.05, 3.63) is 102 Å². The van der Waals surface area contributed by atoms with Gasteiger partial charge >= 0.3 is 5.69 Å². The van der Waals surface area contributed by atoms with Crippen molar-refractivity contribution in [1.82, 2.24) is 9.55 Å². The lowest BCUT2D eigenvalue weighted by atomic mass is 9.82. The van der Waals surface area contributed by atoms with Crippen LogP contribution in [0.4, 0.5) is 0 Å². The van der Waals surface area contributed by atoms with E-state index in [1.54, 1.807) is 13.2 Å². The van der Waals surface area contributed by atoms with Crippen LogP contribution < -0.4 is 11.2 Å². The maximum absolute atomic E-state index is 12.7. The quantitative estimate of drug-likeness (QED) is 0.576. The molecule has 0 aliphatic heterocycles. The predicted molar refractivity (Wildman–Crippen MR) is 105 cm³/mol. The number of benzene rings is 2. The summed E-state index contributed by atoms with van der Waals surface area (Å²) in [5, 5.41) is 0. The molecule has 0 bridgehead atoms. The predicted octanol–water partition coefficient (Wildman–Crippen LogP) is 3.35. The van der Waals surface area contributed by atoms with Crippen LogP contribution in [0.1, 0.15) is 44.9 Å². The first-order chi connectivity index (χ1) is 12.4. The maximum atomic E-state index is 12.7. The minimum atomic E-state index is -0.404. The highest BCUT2D eigenvalue weighted by Gasteiger charge is 2.26. The minimum absolute atomic E-state index is 0.230. The largest absolute Gasteiger partial charge is 0.328 e. The molecular formula is C22H20N2O2. The topological polar surface area (TPSA) is 54.9 Å². The van der Waals surface area contributed by atoms with Crippen LogP contribution in [0.5, 0.6) is 0 Å². The van der Waals surface area contributed by atoms with Crippen LogP contribution in [0, 0.1) is 13.8 Å². The van der Waals surface area contributed by atoms with Gasteiger partial charge in [-0.3, -0.25) is 9.78 Å². The van der Waals surface area contributed by atoms with E-state index in [0.29, 0.717) is 5.56 Å². The normalized spacial score (nSPS) is 13.2. The van der Waals surface area contributed by atoms with Gasteiger partial charge in [0.2, 0.25) is 0 Å². The first kappa shape index (κ1) is 16.3. The fourth-order valence-corrected chi connectivity index (χ4v) is 3.67. The van der Waals surface area contributed by atoms with Crippen molar-refractivity contribution in [2.45, 2.75) is 19.8 Å². The van der Waals surface area contributed by atoms with Gasteiger partial charge in [-0.25, -0.2) is 4.79 Å². The van der Waals surface area contributed by atoms with Crippen molar-refractivity contribution >= 4 is 12.2 Å². The highest BCUT2D eigenvalue weighted by molar-refractivity contribution is 5.78. The zero-order valence-corrected chi connectivity index (χ0v) is 15.0. The Morgan fingerprint density at radius 3 is 1.92 bits per heavy atom. The van der Waals surface area contributed by atoms with Crippen molar-refractivity contribution < 1.29 is 0 Å². The molecule has 0 atom stereocenters.